The van der Waals surface area contributed by atoms with Gasteiger partial charge in [0.1, 0.15) is 5.76 Å². The molecule has 1 amide bonds. The highest BCUT2D eigenvalue weighted by Gasteiger charge is 2.21. The first-order valence-electron chi connectivity index (χ1n) is 7.52. The minimum atomic E-state index is -0.302. The zero-order valence-corrected chi connectivity index (χ0v) is 15.3. The first kappa shape index (κ1) is 18.5. The summed E-state index contributed by atoms with van der Waals surface area (Å²) in [6.07, 6.45) is 0.784. The summed E-state index contributed by atoms with van der Waals surface area (Å²) in [6.45, 7) is 5.80. The number of hydrogen-bond donors (Lipinski definition) is 1. The van der Waals surface area contributed by atoms with Crippen molar-refractivity contribution in [2.24, 2.45) is 0 Å². The fraction of sp³-hybridized carbons (Fsp3) is 0.467. The van der Waals surface area contributed by atoms with Gasteiger partial charge in [0.25, 0.3) is 0 Å². The fourth-order valence-electron chi connectivity index (χ4n) is 1.86. The Bertz CT molecular complexity index is 698. The van der Waals surface area contributed by atoms with Gasteiger partial charge in [-0.2, -0.15) is 0 Å². The molecule has 0 aliphatic carbocycles. The van der Waals surface area contributed by atoms with E-state index < -0.39 is 0 Å². The second kappa shape index (κ2) is 8.84. The van der Waals surface area contributed by atoms with Crippen molar-refractivity contribution in [1.29, 1.82) is 0 Å². The van der Waals surface area contributed by atoms with Crippen molar-refractivity contribution in [1.82, 2.24) is 10.1 Å². The number of nitrogens with zero attached hydrogens (tertiary/aromatic N) is 2. The molecule has 2 aromatic heterocycles. The normalized spacial score (nSPS) is 12.0. The average Bonchev–Trinajstić information content (AvgIpc) is 3.14. The summed E-state index contributed by atoms with van der Waals surface area (Å²) in [5.41, 5.74) is 0.656. The predicted octanol–water partition coefficient (Wildman–Crippen LogP) is 3.05. The van der Waals surface area contributed by atoms with Crippen molar-refractivity contribution >= 4 is 40.8 Å². The maximum atomic E-state index is 12.3. The number of aromatic nitrogens is 2. The van der Waals surface area contributed by atoms with Crippen molar-refractivity contribution in [3.8, 4) is 0 Å². The number of carbonyl (C=O) groups excluding carboxylic acids is 2. The van der Waals surface area contributed by atoms with E-state index in [-0.39, 0.29) is 23.5 Å². The lowest BCUT2D eigenvalue weighted by Crippen LogP contribution is -2.24. The summed E-state index contributed by atoms with van der Waals surface area (Å²) in [4.78, 5) is 28.2. The van der Waals surface area contributed by atoms with Crippen LogP contribution in [0.2, 0.25) is 0 Å². The van der Waals surface area contributed by atoms with E-state index in [0.29, 0.717) is 30.3 Å². The van der Waals surface area contributed by atoms with Gasteiger partial charge < -0.3 is 14.6 Å². The molecule has 0 saturated carbocycles. The molecule has 24 heavy (non-hydrogen) atoms. The SMILES string of the molecule is CCOC(=O)Cc1csc(SC(CC)C(=O)Nc2cc(C)on2)n1. The van der Waals surface area contributed by atoms with Gasteiger partial charge in [-0.1, -0.05) is 23.8 Å². The quantitative estimate of drug-likeness (QED) is 0.564. The zero-order valence-electron chi connectivity index (χ0n) is 13.7. The molecule has 0 aliphatic rings. The van der Waals surface area contributed by atoms with Crippen LogP contribution in [0.3, 0.4) is 0 Å². The minimum absolute atomic E-state index is 0.145. The van der Waals surface area contributed by atoms with Crippen molar-refractivity contribution in [2.45, 2.75) is 43.2 Å². The van der Waals surface area contributed by atoms with Crippen molar-refractivity contribution in [2.75, 3.05) is 11.9 Å². The van der Waals surface area contributed by atoms with E-state index in [2.05, 4.69) is 15.5 Å². The first-order chi connectivity index (χ1) is 11.5. The molecule has 1 atom stereocenters. The first-order valence-corrected chi connectivity index (χ1v) is 9.28. The largest absolute Gasteiger partial charge is 0.466 e. The Morgan fingerprint density at radius 2 is 2.25 bits per heavy atom. The maximum Gasteiger partial charge on any atom is 0.311 e. The number of ether oxygens (including phenoxy) is 1. The number of nitrogens with one attached hydrogen (secondary N) is 1. The lowest BCUT2D eigenvalue weighted by Gasteiger charge is -2.11. The Hall–Kier alpha value is -1.87. The van der Waals surface area contributed by atoms with Crippen molar-refractivity contribution < 1.29 is 18.8 Å². The van der Waals surface area contributed by atoms with Gasteiger partial charge in [-0.3, -0.25) is 9.59 Å². The third-order valence-electron chi connectivity index (χ3n) is 2.95. The molecule has 0 bridgehead atoms. The van der Waals surface area contributed by atoms with E-state index in [9.17, 15) is 9.59 Å². The molecule has 2 aromatic rings. The predicted molar refractivity (Wildman–Crippen MR) is 92.3 cm³/mol. The molecule has 0 aromatic carbocycles. The molecule has 2 rings (SSSR count). The molecule has 0 saturated heterocycles. The molecule has 0 spiro atoms. The van der Waals surface area contributed by atoms with E-state index in [1.807, 2.05) is 12.3 Å². The van der Waals surface area contributed by atoms with Gasteiger partial charge in [0.15, 0.2) is 10.2 Å². The highest BCUT2D eigenvalue weighted by molar-refractivity contribution is 8.02. The molecule has 0 radical (unpaired) electrons. The van der Waals surface area contributed by atoms with Gasteiger partial charge in [0.2, 0.25) is 5.91 Å². The molecule has 130 valence electrons. The highest BCUT2D eigenvalue weighted by Crippen LogP contribution is 2.29. The summed E-state index contributed by atoms with van der Waals surface area (Å²) in [5, 5.41) is 7.99. The maximum absolute atomic E-state index is 12.3. The number of thioether (sulfide) groups is 1. The topological polar surface area (TPSA) is 94.3 Å². The monoisotopic (exact) mass is 369 g/mol. The highest BCUT2D eigenvalue weighted by atomic mass is 32.2. The third-order valence-corrected chi connectivity index (χ3v) is 5.33. The van der Waals surface area contributed by atoms with Crippen LogP contribution in [0.4, 0.5) is 5.82 Å². The van der Waals surface area contributed by atoms with E-state index >= 15 is 0 Å². The van der Waals surface area contributed by atoms with Crippen LogP contribution in [0, 0.1) is 6.92 Å². The molecule has 7 nitrogen and oxygen atoms in total. The van der Waals surface area contributed by atoms with Gasteiger partial charge in [-0.05, 0) is 20.3 Å². The number of amides is 1. The summed E-state index contributed by atoms with van der Waals surface area (Å²) >= 11 is 2.78. The minimum Gasteiger partial charge on any atom is -0.466 e. The average molecular weight is 369 g/mol. The molecule has 1 unspecified atom stereocenters. The van der Waals surface area contributed by atoms with Crippen LogP contribution in [0.25, 0.3) is 0 Å². The van der Waals surface area contributed by atoms with E-state index in [1.165, 1.54) is 23.1 Å². The third kappa shape index (κ3) is 5.34. The molecular weight excluding hydrogens is 350 g/mol. The van der Waals surface area contributed by atoms with Crippen LogP contribution in [0.5, 0.6) is 0 Å². The molecule has 0 fully saturated rings. The van der Waals surface area contributed by atoms with Crippen LogP contribution in [-0.2, 0) is 20.7 Å². The lowest BCUT2D eigenvalue weighted by molar-refractivity contribution is -0.142. The molecular formula is C15H19N3O4S2. The number of hydrogen-bond acceptors (Lipinski definition) is 8. The van der Waals surface area contributed by atoms with Crippen LogP contribution in [-0.4, -0.2) is 33.9 Å². The van der Waals surface area contributed by atoms with Gasteiger partial charge in [-0.15, -0.1) is 11.3 Å². The van der Waals surface area contributed by atoms with E-state index in [1.54, 1.807) is 19.9 Å². The Kier molecular flexibility index (Phi) is 6.80. The second-order valence-electron chi connectivity index (χ2n) is 4.91. The number of thiazole rings is 1. The Balaban J connectivity index is 1.93. The van der Waals surface area contributed by atoms with Crippen LogP contribution < -0.4 is 5.32 Å². The van der Waals surface area contributed by atoms with Gasteiger partial charge in [-0.25, -0.2) is 4.98 Å². The van der Waals surface area contributed by atoms with E-state index in [4.69, 9.17) is 9.26 Å². The second-order valence-corrected chi connectivity index (χ2v) is 7.22. The van der Waals surface area contributed by atoms with Crippen LogP contribution >= 0.6 is 23.1 Å². The standard InChI is InChI=1S/C15H19N3O4S2/c1-4-11(14(20)17-12-6-9(3)22-18-12)24-15-16-10(8-23-15)7-13(19)21-5-2/h6,8,11H,4-5,7H2,1-3H3,(H,17,18,20). The van der Waals surface area contributed by atoms with Crippen LogP contribution in [0.1, 0.15) is 31.7 Å². The molecule has 2 heterocycles. The summed E-state index contributed by atoms with van der Waals surface area (Å²) in [6, 6.07) is 1.66. The Labute approximate surface area is 148 Å². The van der Waals surface area contributed by atoms with Gasteiger partial charge in [0.05, 0.1) is 24.0 Å². The van der Waals surface area contributed by atoms with Crippen molar-refractivity contribution in [3.05, 3.63) is 22.9 Å². The summed E-state index contributed by atoms with van der Waals surface area (Å²) in [7, 11) is 0. The smallest absolute Gasteiger partial charge is 0.311 e. The molecule has 9 heteroatoms. The van der Waals surface area contributed by atoms with Crippen molar-refractivity contribution in [3.63, 3.8) is 0 Å². The van der Waals surface area contributed by atoms with Gasteiger partial charge >= 0.3 is 5.97 Å². The number of aryl methyl sites for hydroxylation is 1. The summed E-state index contributed by atoms with van der Waals surface area (Å²) < 4.78 is 10.6. The number of anilines is 1. The molecule has 0 aliphatic heterocycles. The summed E-state index contributed by atoms with van der Waals surface area (Å²) in [5.74, 6) is 0.580. The number of esters is 1. The Morgan fingerprint density at radius 1 is 1.46 bits per heavy atom. The fourth-order valence-corrected chi connectivity index (χ4v) is 3.86. The Morgan fingerprint density at radius 3 is 2.88 bits per heavy atom. The number of carbonyl (C=O) groups is 2. The van der Waals surface area contributed by atoms with E-state index in [0.717, 1.165) is 4.34 Å². The molecule has 1 N–H and O–H groups in total. The van der Waals surface area contributed by atoms with Gasteiger partial charge in [0, 0.05) is 11.4 Å². The lowest BCUT2D eigenvalue weighted by atomic mass is 10.3. The van der Waals surface area contributed by atoms with Crippen LogP contribution in [0.15, 0.2) is 20.3 Å². The zero-order chi connectivity index (χ0) is 17.5. The number of rotatable bonds is 8.